The van der Waals surface area contributed by atoms with E-state index in [9.17, 15) is 0 Å². The zero-order valence-electron chi connectivity index (χ0n) is 7.81. The number of nitrogens with zero attached hydrogens (tertiary/aromatic N) is 2. The Morgan fingerprint density at radius 3 is 2.87 bits per heavy atom. The summed E-state index contributed by atoms with van der Waals surface area (Å²) >= 11 is 5.89. The minimum atomic E-state index is 0.604. The lowest BCUT2D eigenvalue weighted by molar-refractivity contribution is 1.31. The zero-order valence-corrected chi connectivity index (χ0v) is 8.57. The first-order valence-corrected chi connectivity index (χ1v) is 4.79. The molecule has 0 amide bonds. The van der Waals surface area contributed by atoms with Crippen molar-refractivity contribution in [2.45, 2.75) is 0 Å². The molecule has 1 aromatic heterocycles. The molecule has 0 N–H and O–H groups in total. The molecule has 0 saturated carbocycles. The van der Waals surface area contributed by atoms with Crippen LogP contribution in [0.5, 0.6) is 0 Å². The van der Waals surface area contributed by atoms with Crippen molar-refractivity contribution in [2.75, 3.05) is 0 Å². The van der Waals surface area contributed by atoms with Gasteiger partial charge in [-0.2, -0.15) is 5.26 Å². The van der Waals surface area contributed by atoms with E-state index in [0.29, 0.717) is 10.6 Å². The van der Waals surface area contributed by atoms with E-state index >= 15 is 0 Å². The lowest BCUT2D eigenvalue weighted by Gasteiger charge is -2.03. The standard InChI is InChI=1S/C12H7ClN2/c13-11-3-1-2-9(6-11)12-8-15-5-4-10(12)7-14/h1-6,8H. The summed E-state index contributed by atoms with van der Waals surface area (Å²) in [6.07, 6.45) is 3.27. The predicted octanol–water partition coefficient (Wildman–Crippen LogP) is 3.27. The highest BCUT2D eigenvalue weighted by Crippen LogP contribution is 2.24. The number of hydrogen-bond donors (Lipinski definition) is 0. The van der Waals surface area contributed by atoms with E-state index in [-0.39, 0.29) is 0 Å². The van der Waals surface area contributed by atoms with Crippen LogP contribution in [0.3, 0.4) is 0 Å². The lowest BCUT2D eigenvalue weighted by atomic mass is 10.0. The van der Waals surface area contributed by atoms with E-state index in [2.05, 4.69) is 11.1 Å². The second-order valence-electron chi connectivity index (χ2n) is 3.04. The maximum Gasteiger partial charge on any atom is 0.0999 e. The Balaban J connectivity index is 2.60. The average molecular weight is 215 g/mol. The molecule has 15 heavy (non-hydrogen) atoms. The molecular weight excluding hydrogens is 208 g/mol. The smallest absolute Gasteiger partial charge is 0.0999 e. The Kier molecular flexibility index (Phi) is 2.66. The molecule has 0 radical (unpaired) electrons. The van der Waals surface area contributed by atoms with Crippen LogP contribution in [0.2, 0.25) is 5.02 Å². The van der Waals surface area contributed by atoms with Crippen LogP contribution < -0.4 is 0 Å². The molecule has 0 bridgehead atoms. The summed E-state index contributed by atoms with van der Waals surface area (Å²) in [6.45, 7) is 0. The van der Waals surface area contributed by atoms with Crippen molar-refractivity contribution in [1.82, 2.24) is 4.98 Å². The van der Waals surface area contributed by atoms with E-state index in [1.807, 2.05) is 18.2 Å². The van der Waals surface area contributed by atoms with Crippen LogP contribution in [-0.4, -0.2) is 4.98 Å². The highest BCUT2D eigenvalue weighted by atomic mass is 35.5. The fraction of sp³-hybridized carbons (Fsp3) is 0. The Morgan fingerprint density at radius 2 is 2.13 bits per heavy atom. The number of hydrogen-bond acceptors (Lipinski definition) is 2. The van der Waals surface area contributed by atoms with Gasteiger partial charge in [-0.15, -0.1) is 0 Å². The van der Waals surface area contributed by atoms with Gasteiger partial charge in [-0.1, -0.05) is 23.7 Å². The van der Waals surface area contributed by atoms with Gasteiger partial charge in [0.1, 0.15) is 0 Å². The molecule has 2 nitrogen and oxygen atoms in total. The van der Waals surface area contributed by atoms with Gasteiger partial charge < -0.3 is 0 Å². The second-order valence-corrected chi connectivity index (χ2v) is 3.48. The van der Waals surface area contributed by atoms with Crippen LogP contribution in [0.1, 0.15) is 5.56 Å². The number of rotatable bonds is 1. The highest BCUT2D eigenvalue weighted by molar-refractivity contribution is 6.30. The maximum atomic E-state index is 8.94. The Hall–Kier alpha value is -1.85. The third-order valence-electron chi connectivity index (χ3n) is 2.08. The third kappa shape index (κ3) is 1.98. The molecule has 72 valence electrons. The highest BCUT2D eigenvalue weighted by Gasteiger charge is 2.04. The summed E-state index contributed by atoms with van der Waals surface area (Å²) in [5.41, 5.74) is 2.32. The molecule has 2 rings (SSSR count). The fourth-order valence-electron chi connectivity index (χ4n) is 1.38. The van der Waals surface area contributed by atoms with Crippen molar-refractivity contribution in [2.24, 2.45) is 0 Å². The summed E-state index contributed by atoms with van der Waals surface area (Å²) < 4.78 is 0. The van der Waals surface area contributed by atoms with Crippen LogP contribution in [0.15, 0.2) is 42.7 Å². The molecule has 0 spiro atoms. The molecule has 0 aliphatic rings. The van der Waals surface area contributed by atoms with Crippen LogP contribution in [-0.2, 0) is 0 Å². The van der Waals surface area contributed by atoms with Crippen LogP contribution >= 0.6 is 11.6 Å². The monoisotopic (exact) mass is 214 g/mol. The largest absolute Gasteiger partial charge is 0.264 e. The minimum absolute atomic E-state index is 0.604. The molecule has 0 fully saturated rings. The van der Waals surface area contributed by atoms with E-state index in [4.69, 9.17) is 16.9 Å². The van der Waals surface area contributed by atoms with Gasteiger partial charge in [0, 0.05) is 23.0 Å². The minimum Gasteiger partial charge on any atom is -0.264 e. The van der Waals surface area contributed by atoms with E-state index in [1.165, 1.54) is 0 Å². The fourth-order valence-corrected chi connectivity index (χ4v) is 1.57. The first-order chi connectivity index (χ1) is 7.31. The summed E-state index contributed by atoms with van der Waals surface area (Å²) in [6, 6.07) is 11.2. The second kappa shape index (κ2) is 4.12. The Morgan fingerprint density at radius 1 is 1.27 bits per heavy atom. The molecule has 3 heteroatoms. The summed E-state index contributed by atoms with van der Waals surface area (Å²) in [5, 5.41) is 9.59. The van der Waals surface area contributed by atoms with Gasteiger partial charge in [0.15, 0.2) is 0 Å². The number of nitriles is 1. The molecule has 0 saturated heterocycles. The molecule has 0 atom stereocenters. The van der Waals surface area contributed by atoms with E-state index in [0.717, 1.165) is 11.1 Å². The van der Waals surface area contributed by atoms with Gasteiger partial charge >= 0.3 is 0 Å². The van der Waals surface area contributed by atoms with Gasteiger partial charge in [-0.3, -0.25) is 4.98 Å². The normalized spacial score (nSPS) is 9.60. The topological polar surface area (TPSA) is 36.7 Å². The zero-order chi connectivity index (χ0) is 10.7. The third-order valence-corrected chi connectivity index (χ3v) is 2.31. The number of benzene rings is 1. The van der Waals surface area contributed by atoms with Gasteiger partial charge in [0.05, 0.1) is 11.6 Å². The number of halogens is 1. The number of pyridine rings is 1. The van der Waals surface area contributed by atoms with Crippen molar-refractivity contribution >= 4 is 11.6 Å². The summed E-state index contributed by atoms with van der Waals surface area (Å²) in [7, 11) is 0. The molecule has 1 heterocycles. The molecule has 0 aliphatic heterocycles. The summed E-state index contributed by atoms with van der Waals surface area (Å²) in [4.78, 5) is 4.01. The average Bonchev–Trinajstić information content (AvgIpc) is 2.29. The molecule has 0 aliphatic carbocycles. The Bertz CT molecular complexity index is 529. The van der Waals surface area contributed by atoms with Crippen LogP contribution in [0.4, 0.5) is 0 Å². The first kappa shape index (κ1) is 9.70. The predicted molar refractivity (Wildman–Crippen MR) is 59.4 cm³/mol. The molecule has 1 aromatic carbocycles. The summed E-state index contributed by atoms with van der Waals surface area (Å²) in [5.74, 6) is 0. The first-order valence-electron chi connectivity index (χ1n) is 4.41. The van der Waals surface area contributed by atoms with Crippen LogP contribution in [0.25, 0.3) is 11.1 Å². The molecule has 2 aromatic rings. The Labute approximate surface area is 92.8 Å². The van der Waals surface area contributed by atoms with Gasteiger partial charge in [-0.25, -0.2) is 0 Å². The van der Waals surface area contributed by atoms with E-state index < -0.39 is 0 Å². The van der Waals surface area contributed by atoms with Gasteiger partial charge in [-0.05, 0) is 23.8 Å². The van der Waals surface area contributed by atoms with Crippen molar-refractivity contribution in [1.29, 1.82) is 5.26 Å². The SMILES string of the molecule is N#Cc1ccncc1-c1cccc(Cl)c1. The van der Waals surface area contributed by atoms with Crippen molar-refractivity contribution in [3.05, 3.63) is 53.3 Å². The van der Waals surface area contributed by atoms with Crippen LogP contribution in [0, 0.1) is 11.3 Å². The van der Waals surface area contributed by atoms with Crippen molar-refractivity contribution < 1.29 is 0 Å². The van der Waals surface area contributed by atoms with Gasteiger partial charge in [0.2, 0.25) is 0 Å². The molecule has 0 unspecified atom stereocenters. The van der Waals surface area contributed by atoms with Crippen molar-refractivity contribution in [3.63, 3.8) is 0 Å². The number of aromatic nitrogens is 1. The van der Waals surface area contributed by atoms with Gasteiger partial charge in [0.25, 0.3) is 0 Å². The van der Waals surface area contributed by atoms with E-state index in [1.54, 1.807) is 24.5 Å². The quantitative estimate of drug-likeness (QED) is 0.731. The molecular formula is C12H7ClN2. The van der Waals surface area contributed by atoms with Crippen molar-refractivity contribution in [3.8, 4) is 17.2 Å². The maximum absolute atomic E-state index is 8.94. The lowest BCUT2D eigenvalue weighted by Crippen LogP contribution is -1.85.